The van der Waals surface area contributed by atoms with Gasteiger partial charge >= 0.3 is 0 Å². The molecule has 1 fully saturated rings. The van der Waals surface area contributed by atoms with Crippen molar-refractivity contribution in [1.82, 2.24) is 0 Å². The zero-order valence-electron chi connectivity index (χ0n) is 12.3. The Morgan fingerprint density at radius 2 is 1.73 bits per heavy atom. The Bertz CT molecular complexity index is 720. The minimum Gasteiger partial charge on any atom is -0.372 e. The molecular weight excluding hydrogens is 275 g/mol. The first kappa shape index (κ1) is 14.3. The quantitative estimate of drug-likeness (QED) is 0.615. The van der Waals surface area contributed by atoms with Crippen molar-refractivity contribution in [3.05, 3.63) is 65.5 Å². The van der Waals surface area contributed by atoms with E-state index in [0.717, 1.165) is 18.7 Å². The molecule has 0 atom stereocenters. The van der Waals surface area contributed by atoms with Crippen LogP contribution in [-0.4, -0.2) is 13.1 Å². The molecule has 0 radical (unpaired) electrons. The molecule has 0 spiro atoms. The molecule has 0 aliphatic carbocycles. The van der Waals surface area contributed by atoms with Gasteiger partial charge in [-0.1, -0.05) is 30.3 Å². The van der Waals surface area contributed by atoms with Crippen LogP contribution in [0.3, 0.4) is 0 Å². The number of rotatable bonds is 3. The van der Waals surface area contributed by atoms with E-state index in [-0.39, 0.29) is 5.82 Å². The Hall–Kier alpha value is -2.60. The van der Waals surface area contributed by atoms with Gasteiger partial charge in [0.05, 0.1) is 11.6 Å². The third-order valence-electron chi connectivity index (χ3n) is 3.96. The average molecular weight is 292 g/mol. The van der Waals surface area contributed by atoms with Crippen LogP contribution in [0, 0.1) is 17.1 Å². The maximum absolute atomic E-state index is 13.8. The normalized spacial score (nSPS) is 14.9. The molecule has 3 heteroatoms. The number of anilines is 1. The van der Waals surface area contributed by atoms with Crippen LogP contribution in [0.4, 0.5) is 10.1 Å². The van der Waals surface area contributed by atoms with Gasteiger partial charge in [0.25, 0.3) is 0 Å². The largest absolute Gasteiger partial charge is 0.372 e. The molecule has 0 N–H and O–H groups in total. The smallest absolute Gasteiger partial charge is 0.131 e. The van der Waals surface area contributed by atoms with E-state index < -0.39 is 0 Å². The van der Waals surface area contributed by atoms with E-state index in [9.17, 15) is 9.65 Å². The van der Waals surface area contributed by atoms with E-state index in [1.807, 2.05) is 12.1 Å². The molecule has 2 aromatic carbocycles. The highest BCUT2D eigenvalue weighted by Crippen LogP contribution is 2.24. The summed E-state index contributed by atoms with van der Waals surface area (Å²) in [7, 11) is 0. The number of halogens is 1. The summed E-state index contributed by atoms with van der Waals surface area (Å²) in [5.74, 6) is -0.371. The van der Waals surface area contributed by atoms with Gasteiger partial charge in [0, 0.05) is 24.3 Å². The molecule has 22 heavy (non-hydrogen) atoms. The first-order chi connectivity index (χ1) is 10.8. The van der Waals surface area contributed by atoms with Crippen molar-refractivity contribution in [1.29, 1.82) is 5.26 Å². The summed E-state index contributed by atoms with van der Waals surface area (Å²) in [6.45, 7) is 2.21. The molecule has 0 bridgehead atoms. The van der Waals surface area contributed by atoms with Crippen LogP contribution >= 0.6 is 0 Å². The lowest BCUT2D eigenvalue weighted by molar-refractivity contribution is 0.624. The fourth-order valence-corrected chi connectivity index (χ4v) is 2.77. The summed E-state index contributed by atoms with van der Waals surface area (Å²) in [5.41, 5.74) is 2.79. The van der Waals surface area contributed by atoms with Crippen molar-refractivity contribution in [3.63, 3.8) is 0 Å². The van der Waals surface area contributed by atoms with E-state index in [2.05, 4.69) is 23.1 Å². The number of hydrogen-bond acceptors (Lipinski definition) is 2. The van der Waals surface area contributed by atoms with Crippen LogP contribution in [0.15, 0.2) is 48.5 Å². The third-order valence-corrected chi connectivity index (χ3v) is 3.96. The molecule has 2 aromatic rings. The van der Waals surface area contributed by atoms with E-state index in [1.54, 1.807) is 24.3 Å². The lowest BCUT2D eigenvalue weighted by Crippen LogP contribution is -2.17. The first-order valence-electron chi connectivity index (χ1n) is 7.49. The van der Waals surface area contributed by atoms with Gasteiger partial charge in [-0.3, -0.25) is 0 Å². The SMILES string of the molecule is N#C/C(=C/c1ccc(N2CCCC2)cc1)c1ccccc1F. The molecule has 0 amide bonds. The lowest BCUT2D eigenvalue weighted by atomic mass is 10.0. The van der Waals surface area contributed by atoms with E-state index >= 15 is 0 Å². The summed E-state index contributed by atoms with van der Waals surface area (Å²) in [6, 6.07) is 16.5. The molecular formula is C19H17FN2. The van der Waals surface area contributed by atoms with Crippen molar-refractivity contribution < 1.29 is 4.39 Å². The maximum atomic E-state index is 13.8. The first-order valence-corrected chi connectivity index (χ1v) is 7.49. The fraction of sp³-hybridized carbons (Fsp3) is 0.211. The van der Waals surface area contributed by atoms with Crippen molar-refractivity contribution in [2.45, 2.75) is 12.8 Å². The predicted octanol–water partition coefficient (Wildman–Crippen LogP) is 4.49. The zero-order chi connectivity index (χ0) is 15.4. The number of nitrogens with zero attached hydrogens (tertiary/aromatic N) is 2. The molecule has 0 unspecified atom stereocenters. The highest BCUT2D eigenvalue weighted by atomic mass is 19.1. The monoisotopic (exact) mass is 292 g/mol. The number of hydrogen-bond donors (Lipinski definition) is 0. The van der Waals surface area contributed by atoms with Crippen LogP contribution < -0.4 is 4.90 Å². The van der Waals surface area contributed by atoms with E-state index in [1.165, 1.54) is 24.6 Å². The number of allylic oxidation sites excluding steroid dienone is 1. The Morgan fingerprint density at radius 1 is 1.05 bits per heavy atom. The fourth-order valence-electron chi connectivity index (χ4n) is 2.77. The highest BCUT2D eigenvalue weighted by molar-refractivity contribution is 5.89. The standard InChI is InChI=1S/C19H17FN2/c20-19-6-2-1-5-18(19)16(14-21)13-15-7-9-17(10-8-15)22-11-3-4-12-22/h1-2,5-10,13H,3-4,11-12H2/b16-13-. The summed E-state index contributed by atoms with van der Waals surface area (Å²) in [5, 5.41) is 9.30. The van der Waals surface area contributed by atoms with Crippen LogP contribution in [0.5, 0.6) is 0 Å². The van der Waals surface area contributed by atoms with Gasteiger partial charge < -0.3 is 4.90 Å². The predicted molar refractivity (Wildman–Crippen MR) is 87.8 cm³/mol. The molecule has 1 aliphatic rings. The summed E-state index contributed by atoms with van der Waals surface area (Å²) in [6.07, 6.45) is 4.22. The Kier molecular flexibility index (Phi) is 4.20. The van der Waals surface area contributed by atoms with Gasteiger partial charge in [-0.15, -0.1) is 0 Å². The van der Waals surface area contributed by atoms with Gasteiger partial charge in [0.1, 0.15) is 5.82 Å². The number of nitriles is 1. The minimum atomic E-state index is -0.371. The molecule has 0 aromatic heterocycles. The van der Waals surface area contributed by atoms with Gasteiger partial charge in [0.2, 0.25) is 0 Å². The second kappa shape index (κ2) is 6.44. The topological polar surface area (TPSA) is 27.0 Å². The Morgan fingerprint density at radius 3 is 2.36 bits per heavy atom. The second-order valence-corrected chi connectivity index (χ2v) is 5.44. The molecule has 3 rings (SSSR count). The second-order valence-electron chi connectivity index (χ2n) is 5.44. The van der Waals surface area contributed by atoms with Gasteiger partial charge in [-0.05, 0) is 42.7 Å². The summed E-state index contributed by atoms with van der Waals surface area (Å²) < 4.78 is 13.8. The van der Waals surface area contributed by atoms with Crippen molar-refractivity contribution in [2.24, 2.45) is 0 Å². The molecule has 0 saturated carbocycles. The molecule has 1 heterocycles. The molecule has 2 nitrogen and oxygen atoms in total. The Labute approximate surface area is 130 Å². The third kappa shape index (κ3) is 3.01. The van der Waals surface area contributed by atoms with Crippen molar-refractivity contribution >= 4 is 17.3 Å². The van der Waals surface area contributed by atoms with Crippen LogP contribution in [0.25, 0.3) is 11.6 Å². The van der Waals surface area contributed by atoms with Gasteiger partial charge in [-0.25, -0.2) is 4.39 Å². The lowest BCUT2D eigenvalue weighted by Gasteiger charge is -2.17. The zero-order valence-corrected chi connectivity index (χ0v) is 12.3. The van der Waals surface area contributed by atoms with Gasteiger partial charge in [-0.2, -0.15) is 5.26 Å². The molecule has 1 aliphatic heterocycles. The maximum Gasteiger partial charge on any atom is 0.131 e. The van der Waals surface area contributed by atoms with Crippen LogP contribution in [-0.2, 0) is 0 Å². The number of benzene rings is 2. The molecule has 1 saturated heterocycles. The van der Waals surface area contributed by atoms with Crippen LogP contribution in [0.1, 0.15) is 24.0 Å². The van der Waals surface area contributed by atoms with E-state index in [0.29, 0.717) is 11.1 Å². The van der Waals surface area contributed by atoms with Crippen molar-refractivity contribution in [2.75, 3.05) is 18.0 Å². The highest BCUT2D eigenvalue weighted by Gasteiger charge is 2.12. The molecule has 110 valence electrons. The summed E-state index contributed by atoms with van der Waals surface area (Å²) >= 11 is 0. The average Bonchev–Trinajstić information content (AvgIpc) is 3.08. The van der Waals surface area contributed by atoms with E-state index in [4.69, 9.17) is 0 Å². The Balaban J connectivity index is 1.87. The van der Waals surface area contributed by atoms with Gasteiger partial charge in [0.15, 0.2) is 0 Å². The van der Waals surface area contributed by atoms with Crippen molar-refractivity contribution in [3.8, 4) is 6.07 Å². The van der Waals surface area contributed by atoms with Crippen LogP contribution in [0.2, 0.25) is 0 Å². The minimum absolute atomic E-state index is 0.340. The summed E-state index contributed by atoms with van der Waals surface area (Å²) in [4.78, 5) is 2.36.